The molecule has 0 aliphatic carbocycles. The Hall–Kier alpha value is -2.26. The zero-order valence-electron chi connectivity index (χ0n) is 12.5. The van der Waals surface area contributed by atoms with E-state index in [4.69, 9.17) is 15.7 Å². The van der Waals surface area contributed by atoms with Crippen molar-refractivity contribution in [2.75, 3.05) is 25.1 Å². The minimum Gasteiger partial charge on any atom is -0.497 e. The topological polar surface area (TPSA) is 105 Å². The van der Waals surface area contributed by atoms with E-state index in [1.165, 1.54) is 12.8 Å². The Morgan fingerprint density at radius 1 is 1.43 bits per heavy atom. The maximum Gasteiger partial charge on any atom is 0.234 e. The molecule has 2 rings (SSSR count). The monoisotopic (exact) mass is 290 g/mol. The van der Waals surface area contributed by atoms with Crippen molar-refractivity contribution in [3.05, 3.63) is 23.8 Å². The predicted octanol–water partition coefficient (Wildman–Crippen LogP) is 0.986. The molecule has 0 radical (unpaired) electrons. The van der Waals surface area contributed by atoms with Gasteiger partial charge in [-0.15, -0.1) is 0 Å². The molecule has 1 aromatic rings. The van der Waals surface area contributed by atoms with Gasteiger partial charge in [0.15, 0.2) is 0 Å². The lowest BCUT2D eigenvalue weighted by molar-refractivity contribution is -0.118. The highest BCUT2D eigenvalue weighted by atomic mass is 16.5. The largest absolute Gasteiger partial charge is 0.497 e. The van der Waals surface area contributed by atoms with Crippen LogP contribution in [0, 0.1) is 11.3 Å². The lowest BCUT2D eigenvalue weighted by Crippen LogP contribution is -2.32. The van der Waals surface area contributed by atoms with Crippen LogP contribution < -0.4 is 21.1 Å². The standard InChI is InChI=1S/C12H14N2O.C3H8N2O/c1-15-11-4-5-12(10(8-11)9-13)14-6-2-3-7-14;1-2(4)3(5)6/h4-5,8H,2-3,6-7H2,1H3;2H,4H2,1H3,(H2,5,6). The van der Waals surface area contributed by atoms with Crippen LogP contribution in [0.4, 0.5) is 5.69 Å². The Bertz CT molecular complexity index is 517. The molecule has 21 heavy (non-hydrogen) atoms. The quantitative estimate of drug-likeness (QED) is 0.863. The number of nitrogens with two attached hydrogens (primary N) is 2. The Labute approximate surface area is 125 Å². The van der Waals surface area contributed by atoms with E-state index in [0.717, 1.165) is 24.5 Å². The van der Waals surface area contributed by atoms with Crippen LogP contribution in [0.15, 0.2) is 18.2 Å². The summed E-state index contributed by atoms with van der Waals surface area (Å²) in [5, 5.41) is 9.07. The molecule has 1 unspecified atom stereocenters. The number of carbonyl (C=O) groups excluding carboxylic acids is 1. The number of methoxy groups -OCH3 is 1. The summed E-state index contributed by atoms with van der Waals surface area (Å²) in [4.78, 5) is 12.1. The number of carbonyl (C=O) groups is 1. The third kappa shape index (κ3) is 4.97. The molecule has 0 saturated carbocycles. The van der Waals surface area contributed by atoms with Gasteiger partial charge in [0.2, 0.25) is 5.91 Å². The third-order valence-electron chi connectivity index (χ3n) is 3.22. The van der Waals surface area contributed by atoms with Crippen molar-refractivity contribution in [1.82, 2.24) is 0 Å². The van der Waals surface area contributed by atoms with Gasteiger partial charge < -0.3 is 21.1 Å². The minimum absolute atomic E-state index is 0.463. The van der Waals surface area contributed by atoms with Crippen molar-refractivity contribution in [3.63, 3.8) is 0 Å². The maximum absolute atomic E-state index is 9.80. The molecule has 1 amide bonds. The highest BCUT2D eigenvalue weighted by Gasteiger charge is 2.15. The number of nitrogens with zero attached hydrogens (tertiary/aromatic N) is 2. The number of primary amides is 1. The minimum atomic E-state index is -0.509. The fraction of sp³-hybridized carbons (Fsp3) is 0.467. The van der Waals surface area contributed by atoms with Gasteiger partial charge in [-0.25, -0.2) is 0 Å². The molecule has 0 aromatic heterocycles. The van der Waals surface area contributed by atoms with E-state index in [-0.39, 0.29) is 0 Å². The number of nitriles is 1. The Morgan fingerprint density at radius 2 is 2.00 bits per heavy atom. The summed E-state index contributed by atoms with van der Waals surface area (Å²) in [6.45, 7) is 3.66. The molecule has 0 bridgehead atoms. The molecular weight excluding hydrogens is 268 g/mol. The maximum atomic E-state index is 9.80. The average Bonchev–Trinajstić information content (AvgIpc) is 3.01. The van der Waals surface area contributed by atoms with Crippen molar-refractivity contribution in [3.8, 4) is 11.8 Å². The van der Waals surface area contributed by atoms with Crippen LogP contribution in [-0.4, -0.2) is 32.1 Å². The first-order chi connectivity index (χ1) is 9.99. The fourth-order valence-electron chi connectivity index (χ4n) is 1.97. The molecule has 6 nitrogen and oxygen atoms in total. The second-order valence-electron chi connectivity index (χ2n) is 4.88. The van der Waals surface area contributed by atoms with E-state index >= 15 is 0 Å². The van der Waals surface area contributed by atoms with Crippen molar-refractivity contribution in [1.29, 1.82) is 5.26 Å². The van der Waals surface area contributed by atoms with Crippen LogP contribution >= 0.6 is 0 Å². The van der Waals surface area contributed by atoms with Gasteiger partial charge in [-0.3, -0.25) is 4.79 Å². The number of anilines is 1. The molecule has 114 valence electrons. The summed E-state index contributed by atoms with van der Waals surface area (Å²) in [5.41, 5.74) is 11.4. The second-order valence-corrected chi connectivity index (χ2v) is 4.88. The first kappa shape index (κ1) is 16.8. The van der Waals surface area contributed by atoms with Gasteiger partial charge in [-0.2, -0.15) is 5.26 Å². The van der Waals surface area contributed by atoms with Crippen molar-refractivity contribution >= 4 is 11.6 Å². The lowest BCUT2D eigenvalue weighted by Gasteiger charge is -2.19. The van der Waals surface area contributed by atoms with E-state index in [1.54, 1.807) is 20.1 Å². The first-order valence-electron chi connectivity index (χ1n) is 6.87. The van der Waals surface area contributed by atoms with Crippen LogP contribution in [0.2, 0.25) is 0 Å². The molecule has 1 aromatic carbocycles. The number of hydrogen-bond acceptors (Lipinski definition) is 5. The van der Waals surface area contributed by atoms with Crippen molar-refractivity contribution in [2.24, 2.45) is 11.5 Å². The van der Waals surface area contributed by atoms with Gasteiger partial charge in [-0.05, 0) is 38.0 Å². The van der Waals surface area contributed by atoms with E-state index in [1.807, 2.05) is 12.1 Å². The molecule has 6 heteroatoms. The molecule has 4 N–H and O–H groups in total. The number of ether oxygens (including phenoxy) is 1. The van der Waals surface area contributed by atoms with Crippen LogP contribution in [0.3, 0.4) is 0 Å². The predicted molar refractivity (Wildman–Crippen MR) is 82.0 cm³/mol. The van der Waals surface area contributed by atoms with E-state index in [0.29, 0.717) is 5.56 Å². The molecule has 1 saturated heterocycles. The van der Waals surface area contributed by atoms with Gasteiger partial charge in [0.1, 0.15) is 11.8 Å². The van der Waals surface area contributed by atoms with Crippen molar-refractivity contribution < 1.29 is 9.53 Å². The Kier molecular flexibility index (Phi) is 6.50. The Balaban J connectivity index is 0.000000315. The highest BCUT2D eigenvalue weighted by molar-refractivity contribution is 5.78. The van der Waals surface area contributed by atoms with Crippen LogP contribution in [0.1, 0.15) is 25.3 Å². The average molecular weight is 290 g/mol. The van der Waals surface area contributed by atoms with Crippen LogP contribution in [0.5, 0.6) is 5.75 Å². The third-order valence-corrected chi connectivity index (χ3v) is 3.22. The number of benzene rings is 1. The zero-order chi connectivity index (χ0) is 15.8. The van der Waals surface area contributed by atoms with Crippen LogP contribution in [0.25, 0.3) is 0 Å². The van der Waals surface area contributed by atoms with Gasteiger partial charge >= 0.3 is 0 Å². The Morgan fingerprint density at radius 3 is 2.43 bits per heavy atom. The second kappa shape index (κ2) is 8.12. The van der Waals surface area contributed by atoms with Crippen molar-refractivity contribution in [2.45, 2.75) is 25.8 Å². The van der Waals surface area contributed by atoms with E-state index in [9.17, 15) is 4.79 Å². The molecule has 1 aliphatic rings. The number of amides is 1. The normalized spacial score (nSPS) is 14.7. The number of hydrogen-bond donors (Lipinski definition) is 2. The van der Waals surface area contributed by atoms with Gasteiger partial charge in [0.05, 0.1) is 24.4 Å². The fourth-order valence-corrected chi connectivity index (χ4v) is 1.97. The molecule has 1 atom stereocenters. The molecule has 1 heterocycles. The summed E-state index contributed by atoms with van der Waals surface area (Å²) < 4.78 is 5.10. The lowest BCUT2D eigenvalue weighted by atomic mass is 10.1. The smallest absolute Gasteiger partial charge is 0.234 e. The van der Waals surface area contributed by atoms with Gasteiger partial charge in [0.25, 0.3) is 0 Å². The van der Waals surface area contributed by atoms with Gasteiger partial charge in [0, 0.05) is 13.1 Å². The summed E-state index contributed by atoms with van der Waals surface area (Å²) in [6, 6.07) is 7.40. The summed E-state index contributed by atoms with van der Waals surface area (Å²) in [7, 11) is 1.62. The molecule has 0 spiro atoms. The summed E-state index contributed by atoms with van der Waals surface area (Å²) in [5.74, 6) is 0.282. The molecular formula is C15H22N4O2. The first-order valence-corrected chi connectivity index (χ1v) is 6.87. The van der Waals surface area contributed by atoms with Gasteiger partial charge in [-0.1, -0.05) is 0 Å². The summed E-state index contributed by atoms with van der Waals surface area (Å²) >= 11 is 0. The van der Waals surface area contributed by atoms with E-state index in [2.05, 4.69) is 16.7 Å². The zero-order valence-corrected chi connectivity index (χ0v) is 12.5. The number of rotatable bonds is 3. The molecule has 1 fully saturated rings. The van der Waals surface area contributed by atoms with E-state index < -0.39 is 11.9 Å². The molecule has 1 aliphatic heterocycles. The SMILES string of the molecule is CC(N)C(N)=O.COc1ccc(N2CCCC2)c(C#N)c1. The van der Waals surface area contributed by atoms with Crippen LogP contribution in [-0.2, 0) is 4.79 Å². The highest BCUT2D eigenvalue weighted by Crippen LogP contribution is 2.27. The summed E-state index contributed by atoms with van der Waals surface area (Å²) in [6.07, 6.45) is 2.44.